The summed E-state index contributed by atoms with van der Waals surface area (Å²) in [6, 6.07) is 6.65. The zero-order valence-corrected chi connectivity index (χ0v) is 7.93. The molecule has 1 aromatic carbocycles. The molecule has 0 aliphatic rings. The largest absolute Gasteiger partial charge is 0.294 e. The molecule has 0 saturated carbocycles. The third kappa shape index (κ3) is 2.07. The van der Waals surface area contributed by atoms with E-state index in [0.717, 1.165) is 0 Å². The van der Waals surface area contributed by atoms with Crippen LogP contribution in [0.4, 0.5) is 0 Å². The molecule has 1 rings (SSSR count). The van der Waals surface area contributed by atoms with Crippen LogP contribution in [0.25, 0.3) is 0 Å². The van der Waals surface area contributed by atoms with E-state index in [0.29, 0.717) is 22.6 Å². The molecule has 0 fully saturated rings. The zero-order valence-electron chi connectivity index (χ0n) is 7.17. The lowest BCUT2D eigenvalue weighted by atomic mass is 10.1. The third-order valence-electron chi connectivity index (χ3n) is 1.72. The van der Waals surface area contributed by atoms with Gasteiger partial charge in [0.2, 0.25) is 0 Å². The van der Waals surface area contributed by atoms with Gasteiger partial charge in [-0.2, -0.15) is 5.26 Å². The molecule has 0 aliphatic carbocycles. The molecule has 2 nitrogen and oxygen atoms in total. The van der Waals surface area contributed by atoms with Crippen molar-refractivity contribution in [2.24, 2.45) is 0 Å². The lowest BCUT2D eigenvalue weighted by Crippen LogP contribution is -1.97. The summed E-state index contributed by atoms with van der Waals surface area (Å²) in [5.74, 6) is -0.0397. The Morgan fingerprint density at radius 3 is 2.85 bits per heavy atom. The average molecular weight is 194 g/mol. The van der Waals surface area contributed by atoms with Crippen LogP contribution in [0.2, 0.25) is 5.02 Å². The number of Topliss-reactive ketones (excluding diaryl/α,β-unsaturated/α-hetero) is 1. The van der Waals surface area contributed by atoms with Gasteiger partial charge >= 0.3 is 0 Å². The fourth-order valence-electron chi connectivity index (χ4n) is 0.999. The molecule has 0 aliphatic heterocycles. The van der Waals surface area contributed by atoms with Gasteiger partial charge in [-0.25, -0.2) is 0 Å². The van der Waals surface area contributed by atoms with Crippen LogP contribution in [-0.4, -0.2) is 5.78 Å². The third-order valence-corrected chi connectivity index (χ3v) is 2.05. The fourth-order valence-corrected chi connectivity index (χ4v) is 1.22. The smallest absolute Gasteiger partial charge is 0.164 e. The minimum absolute atomic E-state index is 0.0397. The summed E-state index contributed by atoms with van der Waals surface area (Å²) in [6.45, 7) is 1.76. The predicted octanol–water partition coefficient (Wildman–Crippen LogP) is 2.80. The molecule has 0 aromatic heterocycles. The zero-order chi connectivity index (χ0) is 9.84. The number of ketones is 1. The van der Waals surface area contributed by atoms with Gasteiger partial charge in [0, 0.05) is 12.0 Å². The van der Waals surface area contributed by atoms with Crippen LogP contribution in [-0.2, 0) is 0 Å². The molecule has 0 amide bonds. The summed E-state index contributed by atoms with van der Waals surface area (Å²) in [5, 5.41) is 9.01. The highest BCUT2D eigenvalue weighted by atomic mass is 35.5. The van der Waals surface area contributed by atoms with Crippen molar-refractivity contribution in [3.63, 3.8) is 0 Å². The minimum atomic E-state index is -0.0397. The van der Waals surface area contributed by atoms with Gasteiger partial charge in [0.1, 0.15) is 0 Å². The first-order valence-corrected chi connectivity index (χ1v) is 4.29. The first kappa shape index (κ1) is 9.76. The molecular weight excluding hydrogens is 186 g/mol. The molecule has 1 aromatic rings. The summed E-state index contributed by atoms with van der Waals surface area (Å²) < 4.78 is 0. The van der Waals surface area contributed by atoms with Crippen molar-refractivity contribution < 1.29 is 4.79 Å². The highest BCUT2D eigenvalue weighted by Crippen LogP contribution is 2.18. The van der Waals surface area contributed by atoms with Gasteiger partial charge in [0.15, 0.2) is 5.78 Å². The monoisotopic (exact) mass is 193 g/mol. The number of hydrogen-bond donors (Lipinski definition) is 0. The standard InChI is InChI=1S/C10H8ClNO/c1-2-10(13)8-5-7(6-12)3-4-9(8)11/h3-5H,2H2,1H3. The Morgan fingerprint density at radius 1 is 1.62 bits per heavy atom. The number of carbonyl (C=O) groups excluding carboxylic acids is 1. The second-order valence-corrected chi connectivity index (χ2v) is 2.99. The van der Waals surface area contributed by atoms with Gasteiger partial charge in [-0.3, -0.25) is 4.79 Å². The lowest BCUT2D eigenvalue weighted by Gasteiger charge is -2.00. The van der Waals surface area contributed by atoms with Crippen molar-refractivity contribution >= 4 is 17.4 Å². The van der Waals surface area contributed by atoms with Gasteiger partial charge in [0.05, 0.1) is 16.7 Å². The Balaban J connectivity index is 3.20. The summed E-state index contributed by atoms with van der Waals surface area (Å²) in [7, 11) is 0. The van der Waals surface area contributed by atoms with Crippen LogP contribution < -0.4 is 0 Å². The van der Waals surface area contributed by atoms with E-state index < -0.39 is 0 Å². The molecule has 0 unspecified atom stereocenters. The van der Waals surface area contributed by atoms with E-state index in [1.54, 1.807) is 19.1 Å². The summed E-state index contributed by atoms with van der Waals surface area (Å²) >= 11 is 5.80. The predicted molar refractivity (Wildman–Crippen MR) is 50.8 cm³/mol. The number of rotatable bonds is 2. The minimum Gasteiger partial charge on any atom is -0.294 e. The summed E-state index contributed by atoms with van der Waals surface area (Å²) in [5.41, 5.74) is 0.893. The van der Waals surface area contributed by atoms with Crippen LogP contribution in [0.1, 0.15) is 29.3 Å². The van der Waals surface area contributed by atoms with E-state index >= 15 is 0 Å². The molecule has 0 bridgehead atoms. The van der Waals surface area contributed by atoms with Gasteiger partial charge in [-0.1, -0.05) is 18.5 Å². The van der Waals surface area contributed by atoms with Gasteiger partial charge < -0.3 is 0 Å². The van der Waals surface area contributed by atoms with E-state index in [2.05, 4.69) is 0 Å². The number of hydrogen-bond acceptors (Lipinski definition) is 2. The van der Waals surface area contributed by atoms with Crippen LogP contribution >= 0.6 is 11.6 Å². The average Bonchev–Trinajstić information content (AvgIpc) is 2.17. The van der Waals surface area contributed by atoms with E-state index in [-0.39, 0.29) is 5.78 Å². The molecule has 0 heterocycles. The Labute approximate surface area is 81.7 Å². The Hall–Kier alpha value is -1.33. The Kier molecular flexibility index (Phi) is 3.05. The number of halogens is 1. The first-order valence-electron chi connectivity index (χ1n) is 3.92. The molecule has 13 heavy (non-hydrogen) atoms. The Bertz CT molecular complexity index is 379. The molecule has 0 N–H and O–H groups in total. The van der Waals surface area contributed by atoms with Gasteiger partial charge in [0.25, 0.3) is 0 Å². The fraction of sp³-hybridized carbons (Fsp3) is 0.200. The van der Waals surface area contributed by atoms with Crippen molar-refractivity contribution in [1.29, 1.82) is 5.26 Å². The van der Waals surface area contributed by atoms with E-state index in [1.807, 2.05) is 6.07 Å². The van der Waals surface area contributed by atoms with Crippen molar-refractivity contribution in [3.8, 4) is 6.07 Å². The molecule has 0 spiro atoms. The van der Waals surface area contributed by atoms with E-state index in [1.165, 1.54) is 6.07 Å². The lowest BCUT2D eigenvalue weighted by molar-refractivity contribution is 0.0988. The number of benzene rings is 1. The van der Waals surface area contributed by atoms with Crippen molar-refractivity contribution in [3.05, 3.63) is 34.3 Å². The van der Waals surface area contributed by atoms with Crippen LogP contribution in [0.5, 0.6) is 0 Å². The van der Waals surface area contributed by atoms with Gasteiger partial charge in [-0.05, 0) is 18.2 Å². The van der Waals surface area contributed by atoms with Crippen LogP contribution in [0.15, 0.2) is 18.2 Å². The number of nitrogens with zero attached hydrogens (tertiary/aromatic N) is 1. The number of nitriles is 1. The highest BCUT2D eigenvalue weighted by Gasteiger charge is 2.08. The topological polar surface area (TPSA) is 40.9 Å². The maximum Gasteiger partial charge on any atom is 0.164 e. The quantitative estimate of drug-likeness (QED) is 0.678. The van der Waals surface area contributed by atoms with Crippen LogP contribution in [0.3, 0.4) is 0 Å². The Morgan fingerprint density at radius 2 is 2.31 bits per heavy atom. The van der Waals surface area contributed by atoms with Crippen molar-refractivity contribution in [2.75, 3.05) is 0 Å². The first-order chi connectivity index (χ1) is 6.19. The van der Waals surface area contributed by atoms with E-state index in [4.69, 9.17) is 16.9 Å². The molecule has 3 heteroatoms. The molecule has 0 atom stereocenters. The number of carbonyl (C=O) groups is 1. The molecule has 0 saturated heterocycles. The summed E-state index contributed by atoms with van der Waals surface area (Å²) in [4.78, 5) is 11.3. The highest BCUT2D eigenvalue weighted by molar-refractivity contribution is 6.34. The van der Waals surface area contributed by atoms with Gasteiger partial charge in [-0.15, -0.1) is 0 Å². The second kappa shape index (κ2) is 4.06. The molecular formula is C10H8ClNO. The molecule has 0 radical (unpaired) electrons. The normalized spacial score (nSPS) is 9.31. The maximum absolute atomic E-state index is 11.3. The van der Waals surface area contributed by atoms with E-state index in [9.17, 15) is 4.79 Å². The summed E-state index contributed by atoms with van der Waals surface area (Å²) in [6.07, 6.45) is 0.397. The van der Waals surface area contributed by atoms with Crippen LogP contribution in [0, 0.1) is 11.3 Å². The molecule has 66 valence electrons. The van der Waals surface area contributed by atoms with Crippen molar-refractivity contribution in [2.45, 2.75) is 13.3 Å². The maximum atomic E-state index is 11.3. The SMILES string of the molecule is CCC(=O)c1cc(C#N)ccc1Cl. The second-order valence-electron chi connectivity index (χ2n) is 2.58. The van der Waals surface area contributed by atoms with Crippen molar-refractivity contribution in [1.82, 2.24) is 0 Å².